The minimum absolute atomic E-state index is 0.296. The van der Waals surface area contributed by atoms with Crippen LogP contribution in [-0.4, -0.2) is 53.1 Å². The number of amides is 1. The Bertz CT molecular complexity index is 610. The number of aliphatic carboxylic acids is 1. The lowest BCUT2D eigenvalue weighted by Gasteiger charge is -2.22. The van der Waals surface area contributed by atoms with E-state index in [9.17, 15) is 24.6 Å². The second kappa shape index (κ2) is 9.76. The molecule has 8 nitrogen and oxygen atoms in total. The van der Waals surface area contributed by atoms with Gasteiger partial charge in [-0.1, -0.05) is 30.3 Å². The van der Waals surface area contributed by atoms with Crippen LogP contribution in [0.1, 0.15) is 38.7 Å². The highest BCUT2D eigenvalue weighted by Crippen LogP contribution is 2.20. The molecule has 2 atom stereocenters. The summed E-state index contributed by atoms with van der Waals surface area (Å²) in [4.78, 5) is 35.0. The Morgan fingerprint density at radius 1 is 1.15 bits per heavy atom. The molecule has 0 fully saturated rings. The average Bonchev–Trinajstić information content (AvgIpc) is 2.55. The van der Waals surface area contributed by atoms with E-state index in [0.29, 0.717) is 5.56 Å². The first-order valence-corrected chi connectivity index (χ1v) is 8.16. The summed E-state index contributed by atoms with van der Waals surface area (Å²) in [6.07, 6.45) is -1.11. The second-order valence-corrected chi connectivity index (χ2v) is 6.71. The van der Waals surface area contributed by atoms with E-state index in [1.807, 2.05) is 0 Å². The minimum Gasteiger partial charge on any atom is -0.481 e. The quantitative estimate of drug-likeness (QED) is 0.597. The van der Waals surface area contributed by atoms with Gasteiger partial charge in [0.1, 0.15) is 12.2 Å². The van der Waals surface area contributed by atoms with Gasteiger partial charge in [-0.3, -0.25) is 9.59 Å². The fourth-order valence-electron chi connectivity index (χ4n) is 2.07. The maximum atomic E-state index is 12.0. The number of carbonyl (C=O) groups is 3. The van der Waals surface area contributed by atoms with Gasteiger partial charge < -0.3 is 25.0 Å². The molecule has 1 amide bonds. The van der Waals surface area contributed by atoms with Crippen molar-refractivity contribution in [1.82, 2.24) is 5.32 Å². The fourth-order valence-corrected chi connectivity index (χ4v) is 2.07. The van der Waals surface area contributed by atoms with E-state index in [-0.39, 0.29) is 13.0 Å². The molecular weight excluding hydrogens is 342 g/mol. The molecule has 0 bridgehead atoms. The Balaban J connectivity index is 2.55. The van der Waals surface area contributed by atoms with E-state index >= 15 is 0 Å². The van der Waals surface area contributed by atoms with Crippen molar-refractivity contribution in [3.05, 3.63) is 35.9 Å². The average molecular weight is 367 g/mol. The molecule has 1 aromatic carbocycles. The van der Waals surface area contributed by atoms with Gasteiger partial charge in [0.25, 0.3) is 0 Å². The van der Waals surface area contributed by atoms with E-state index in [1.54, 1.807) is 51.1 Å². The van der Waals surface area contributed by atoms with Crippen LogP contribution in [0.5, 0.6) is 0 Å². The van der Waals surface area contributed by atoms with Crippen LogP contribution in [0.25, 0.3) is 0 Å². The molecule has 3 N–H and O–H groups in total. The molecule has 0 saturated carbocycles. The van der Waals surface area contributed by atoms with Crippen LogP contribution < -0.4 is 5.32 Å². The molecule has 1 aromatic rings. The summed E-state index contributed by atoms with van der Waals surface area (Å²) in [5, 5.41) is 21.0. The predicted molar refractivity (Wildman–Crippen MR) is 92.6 cm³/mol. The molecular formula is C18H25NO7. The number of carbonyl (C=O) groups excluding carboxylic acids is 2. The number of aliphatic hydroxyl groups is 1. The van der Waals surface area contributed by atoms with Crippen molar-refractivity contribution in [3.8, 4) is 0 Å². The van der Waals surface area contributed by atoms with E-state index in [0.717, 1.165) is 0 Å². The van der Waals surface area contributed by atoms with Gasteiger partial charge in [0.2, 0.25) is 0 Å². The molecule has 2 unspecified atom stereocenters. The first-order chi connectivity index (χ1) is 12.1. The zero-order valence-electron chi connectivity index (χ0n) is 15.1. The summed E-state index contributed by atoms with van der Waals surface area (Å²) in [5.41, 5.74) is -0.215. The van der Waals surface area contributed by atoms with Crippen molar-refractivity contribution >= 4 is 18.0 Å². The molecule has 8 heteroatoms. The van der Waals surface area contributed by atoms with Crippen molar-refractivity contribution in [2.75, 3.05) is 13.2 Å². The summed E-state index contributed by atoms with van der Waals surface area (Å²) >= 11 is 0. The lowest BCUT2D eigenvalue weighted by atomic mass is 9.96. The molecule has 1 rings (SSSR count). The highest BCUT2D eigenvalue weighted by molar-refractivity contribution is 5.83. The molecule has 26 heavy (non-hydrogen) atoms. The normalized spacial score (nSPS) is 13.4. The van der Waals surface area contributed by atoms with Gasteiger partial charge in [0.15, 0.2) is 0 Å². The van der Waals surface area contributed by atoms with Crippen LogP contribution in [0.2, 0.25) is 0 Å². The third-order valence-electron chi connectivity index (χ3n) is 3.26. The van der Waals surface area contributed by atoms with Crippen LogP contribution in [0, 0.1) is 0 Å². The first-order valence-electron chi connectivity index (χ1n) is 8.16. The van der Waals surface area contributed by atoms with Crippen LogP contribution in [0.15, 0.2) is 30.3 Å². The monoisotopic (exact) mass is 367 g/mol. The van der Waals surface area contributed by atoms with Crippen LogP contribution >= 0.6 is 0 Å². The molecule has 0 heterocycles. The number of nitrogens with one attached hydrogen (secondary N) is 1. The Hall–Kier alpha value is -2.61. The highest BCUT2D eigenvalue weighted by Gasteiger charge is 2.25. The molecule has 0 aliphatic heterocycles. The van der Waals surface area contributed by atoms with Crippen molar-refractivity contribution in [1.29, 1.82) is 0 Å². The van der Waals surface area contributed by atoms with E-state index in [1.165, 1.54) is 0 Å². The number of esters is 1. The summed E-state index contributed by atoms with van der Waals surface area (Å²) in [6.45, 7) is 4.31. The number of hydrogen-bond acceptors (Lipinski definition) is 6. The van der Waals surface area contributed by atoms with Crippen LogP contribution in [0.4, 0.5) is 4.79 Å². The summed E-state index contributed by atoms with van der Waals surface area (Å²) in [5.74, 6) is -2.92. The molecule has 0 aromatic heterocycles. The van der Waals surface area contributed by atoms with Crippen molar-refractivity contribution in [2.45, 2.75) is 44.8 Å². The molecule has 0 spiro atoms. The number of benzene rings is 1. The molecule has 0 aliphatic carbocycles. The zero-order valence-corrected chi connectivity index (χ0v) is 15.1. The zero-order chi connectivity index (χ0) is 19.7. The SMILES string of the molecule is CC(C)(C)OC(=O)NC(CO)COC(=O)CC(C(=O)O)c1ccccc1. The molecule has 0 radical (unpaired) electrons. The number of carboxylic acid groups (broad SMARTS) is 1. The summed E-state index contributed by atoms with van der Waals surface area (Å²) < 4.78 is 10.0. The number of rotatable bonds is 8. The number of carboxylic acids is 1. The van der Waals surface area contributed by atoms with Gasteiger partial charge in [0.05, 0.1) is 25.0 Å². The first kappa shape index (κ1) is 21.4. The van der Waals surface area contributed by atoms with Gasteiger partial charge in [-0.05, 0) is 26.3 Å². The third-order valence-corrected chi connectivity index (χ3v) is 3.26. The summed E-state index contributed by atoms with van der Waals surface area (Å²) in [7, 11) is 0. The standard InChI is InChI=1S/C18H25NO7/c1-18(2,3)26-17(24)19-13(10-20)11-25-15(21)9-14(16(22)23)12-7-5-4-6-8-12/h4-8,13-14,20H,9-11H2,1-3H3,(H,19,24)(H,22,23). The van der Waals surface area contributed by atoms with E-state index < -0.39 is 42.2 Å². The molecule has 0 saturated heterocycles. The number of aliphatic hydroxyl groups excluding tert-OH is 1. The Kier molecular flexibility index (Phi) is 8.05. The van der Waals surface area contributed by atoms with E-state index in [4.69, 9.17) is 9.47 Å². The third kappa shape index (κ3) is 7.98. The maximum Gasteiger partial charge on any atom is 0.408 e. The number of alkyl carbamates (subject to hydrolysis) is 1. The van der Waals surface area contributed by atoms with E-state index in [2.05, 4.69) is 5.32 Å². The Morgan fingerprint density at radius 2 is 1.77 bits per heavy atom. The minimum atomic E-state index is -1.14. The fraction of sp³-hybridized carbons (Fsp3) is 0.500. The number of ether oxygens (including phenoxy) is 2. The Labute approximate surface area is 152 Å². The lowest BCUT2D eigenvalue weighted by molar-refractivity contribution is -0.149. The van der Waals surface area contributed by atoms with Crippen molar-refractivity contribution < 1.29 is 34.1 Å². The predicted octanol–water partition coefficient (Wildman–Crippen LogP) is 1.67. The second-order valence-electron chi connectivity index (χ2n) is 6.71. The van der Waals surface area contributed by atoms with Gasteiger partial charge in [-0.2, -0.15) is 0 Å². The van der Waals surface area contributed by atoms with Crippen LogP contribution in [-0.2, 0) is 19.1 Å². The lowest BCUT2D eigenvalue weighted by Crippen LogP contribution is -2.44. The summed E-state index contributed by atoms with van der Waals surface area (Å²) in [6, 6.07) is 7.49. The van der Waals surface area contributed by atoms with Crippen LogP contribution in [0.3, 0.4) is 0 Å². The topological polar surface area (TPSA) is 122 Å². The van der Waals surface area contributed by atoms with Gasteiger partial charge in [-0.25, -0.2) is 4.79 Å². The smallest absolute Gasteiger partial charge is 0.408 e. The Morgan fingerprint density at radius 3 is 2.27 bits per heavy atom. The number of hydrogen-bond donors (Lipinski definition) is 3. The highest BCUT2D eigenvalue weighted by atomic mass is 16.6. The van der Waals surface area contributed by atoms with Crippen molar-refractivity contribution in [3.63, 3.8) is 0 Å². The van der Waals surface area contributed by atoms with Gasteiger partial charge in [0, 0.05) is 0 Å². The van der Waals surface area contributed by atoms with Gasteiger partial charge >= 0.3 is 18.0 Å². The maximum absolute atomic E-state index is 12.0. The van der Waals surface area contributed by atoms with Crippen molar-refractivity contribution in [2.24, 2.45) is 0 Å². The molecule has 144 valence electrons. The van der Waals surface area contributed by atoms with Gasteiger partial charge in [-0.15, -0.1) is 0 Å². The largest absolute Gasteiger partial charge is 0.481 e. The molecule has 0 aliphatic rings.